The van der Waals surface area contributed by atoms with Crippen molar-refractivity contribution in [3.8, 4) is 6.07 Å². The summed E-state index contributed by atoms with van der Waals surface area (Å²) in [5, 5.41) is 9.03. The molecule has 0 amide bonds. The van der Waals surface area contributed by atoms with Crippen molar-refractivity contribution in [2.45, 2.75) is 18.8 Å². The first-order valence-electron chi connectivity index (χ1n) is 4.63. The highest BCUT2D eigenvalue weighted by molar-refractivity contribution is 5.16. The Morgan fingerprint density at radius 3 is 2.00 bits per heavy atom. The first kappa shape index (κ1) is 7.74. The second-order valence-corrected chi connectivity index (χ2v) is 4.05. The van der Waals surface area contributed by atoms with E-state index in [-0.39, 0.29) is 0 Å². The summed E-state index contributed by atoms with van der Waals surface area (Å²) >= 11 is 0. The van der Waals surface area contributed by atoms with Gasteiger partial charge in [-0.05, 0) is 12.8 Å². The van der Waals surface area contributed by atoms with Gasteiger partial charge in [0.25, 0.3) is 0 Å². The fourth-order valence-electron chi connectivity index (χ4n) is 1.98. The zero-order valence-corrected chi connectivity index (χ0v) is 7.28. The number of hydrogen-bond donors (Lipinski definition) is 0. The molecule has 4 nitrogen and oxygen atoms in total. The zero-order chi connectivity index (χ0) is 8.94. The minimum Gasteiger partial charge on any atom is -0.326 e. The molecule has 2 bridgehead atoms. The van der Waals surface area contributed by atoms with Crippen molar-refractivity contribution in [1.82, 2.24) is 0 Å². The van der Waals surface area contributed by atoms with Crippen LogP contribution in [-0.2, 0) is 14.2 Å². The Labute approximate surface area is 76.4 Å². The van der Waals surface area contributed by atoms with E-state index in [1.807, 2.05) is 0 Å². The number of nitrogens with zero attached hydrogens (tertiary/aromatic N) is 1. The summed E-state index contributed by atoms with van der Waals surface area (Å²) in [5.41, 5.74) is -0.515. The molecule has 3 saturated heterocycles. The number of rotatable bonds is 1. The molecule has 3 aliphatic heterocycles. The van der Waals surface area contributed by atoms with E-state index < -0.39 is 11.4 Å². The van der Waals surface area contributed by atoms with Gasteiger partial charge >= 0.3 is 5.97 Å². The summed E-state index contributed by atoms with van der Waals surface area (Å²) in [6.07, 6.45) is 1.66. The number of ether oxygens (including phenoxy) is 3. The van der Waals surface area contributed by atoms with Gasteiger partial charge in [-0.2, -0.15) is 5.26 Å². The maximum Gasteiger partial charge on any atom is 0.302 e. The van der Waals surface area contributed by atoms with E-state index in [9.17, 15) is 0 Å². The number of nitriles is 1. The van der Waals surface area contributed by atoms with Crippen LogP contribution in [0.3, 0.4) is 0 Å². The lowest BCUT2D eigenvalue weighted by molar-refractivity contribution is -0.467. The van der Waals surface area contributed by atoms with Crippen molar-refractivity contribution < 1.29 is 14.2 Å². The van der Waals surface area contributed by atoms with Crippen LogP contribution in [0, 0.1) is 22.7 Å². The highest BCUT2D eigenvalue weighted by Crippen LogP contribution is 2.58. The lowest BCUT2D eigenvalue weighted by Gasteiger charge is -2.47. The third kappa shape index (κ3) is 0.845. The van der Waals surface area contributed by atoms with Gasteiger partial charge < -0.3 is 14.2 Å². The normalized spacial score (nSPS) is 45.6. The van der Waals surface area contributed by atoms with Crippen molar-refractivity contribution in [3.63, 3.8) is 0 Å². The van der Waals surface area contributed by atoms with Crippen LogP contribution in [0.5, 0.6) is 0 Å². The SMILES string of the molecule is N#CC1(C23OCC(CO2)CO3)CC1. The van der Waals surface area contributed by atoms with Crippen LogP contribution in [0.4, 0.5) is 0 Å². The van der Waals surface area contributed by atoms with E-state index in [2.05, 4.69) is 6.07 Å². The minimum absolute atomic E-state index is 0.358. The van der Waals surface area contributed by atoms with Crippen molar-refractivity contribution in [3.05, 3.63) is 0 Å². The molecule has 1 saturated carbocycles. The Hall–Kier alpha value is -0.630. The molecule has 0 N–H and O–H groups in total. The predicted molar refractivity (Wildman–Crippen MR) is 41.4 cm³/mol. The highest BCUT2D eigenvalue weighted by atomic mass is 16.9. The minimum atomic E-state index is -1.02. The summed E-state index contributed by atoms with van der Waals surface area (Å²) < 4.78 is 16.5. The molecular formula is C9H11NO3. The van der Waals surface area contributed by atoms with Gasteiger partial charge in [0.2, 0.25) is 0 Å². The Morgan fingerprint density at radius 2 is 1.62 bits per heavy atom. The Morgan fingerprint density at radius 1 is 1.08 bits per heavy atom. The molecule has 4 rings (SSSR count). The molecule has 4 heteroatoms. The monoisotopic (exact) mass is 181 g/mol. The Bertz CT molecular complexity index is 257. The Balaban J connectivity index is 1.92. The molecule has 13 heavy (non-hydrogen) atoms. The van der Waals surface area contributed by atoms with Gasteiger partial charge in [0, 0.05) is 5.92 Å². The van der Waals surface area contributed by atoms with Gasteiger partial charge in [-0.25, -0.2) is 0 Å². The lowest BCUT2D eigenvalue weighted by Crippen LogP contribution is -2.58. The second-order valence-electron chi connectivity index (χ2n) is 4.05. The average Bonchev–Trinajstić information content (AvgIpc) is 3.01. The molecule has 4 aliphatic rings. The first-order valence-corrected chi connectivity index (χ1v) is 4.63. The van der Waals surface area contributed by atoms with E-state index in [0.717, 1.165) is 12.8 Å². The van der Waals surface area contributed by atoms with Crippen LogP contribution >= 0.6 is 0 Å². The van der Waals surface area contributed by atoms with Crippen LogP contribution < -0.4 is 0 Å². The van der Waals surface area contributed by atoms with Crippen LogP contribution in [-0.4, -0.2) is 25.8 Å². The first-order chi connectivity index (χ1) is 6.30. The van der Waals surface area contributed by atoms with E-state index in [0.29, 0.717) is 25.7 Å². The van der Waals surface area contributed by atoms with Crippen molar-refractivity contribution >= 4 is 0 Å². The van der Waals surface area contributed by atoms with Crippen LogP contribution in [0.15, 0.2) is 0 Å². The van der Waals surface area contributed by atoms with E-state index >= 15 is 0 Å². The third-order valence-corrected chi connectivity index (χ3v) is 3.08. The second kappa shape index (κ2) is 2.24. The quantitative estimate of drug-likeness (QED) is 0.595. The molecule has 0 atom stereocenters. The van der Waals surface area contributed by atoms with Crippen molar-refractivity contribution in [1.29, 1.82) is 5.26 Å². The standard InChI is InChI=1S/C9H11NO3/c10-6-8(1-2-8)9-11-3-7(4-12-9)5-13-9/h7H,1-5H2. The van der Waals surface area contributed by atoms with Gasteiger partial charge in [-0.3, -0.25) is 0 Å². The third-order valence-electron chi connectivity index (χ3n) is 3.08. The number of hydrogen-bond acceptors (Lipinski definition) is 4. The molecule has 70 valence electrons. The van der Waals surface area contributed by atoms with Crippen LogP contribution in [0.25, 0.3) is 0 Å². The maximum absolute atomic E-state index is 9.03. The molecular weight excluding hydrogens is 170 g/mol. The fourth-order valence-corrected chi connectivity index (χ4v) is 1.98. The van der Waals surface area contributed by atoms with Crippen LogP contribution in [0.1, 0.15) is 12.8 Å². The molecule has 0 spiro atoms. The summed E-state index contributed by atoms with van der Waals surface area (Å²) in [6.45, 7) is 2.01. The highest BCUT2D eigenvalue weighted by Gasteiger charge is 2.67. The molecule has 0 radical (unpaired) electrons. The molecule has 0 aromatic heterocycles. The Kier molecular flexibility index (Phi) is 1.33. The molecule has 3 heterocycles. The lowest BCUT2D eigenvalue weighted by atomic mass is 10.0. The zero-order valence-electron chi connectivity index (χ0n) is 7.28. The topological polar surface area (TPSA) is 51.5 Å². The maximum atomic E-state index is 9.03. The summed E-state index contributed by atoms with van der Waals surface area (Å²) in [7, 11) is 0. The van der Waals surface area contributed by atoms with E-state index in [1.54, 1.807) is 0 Å². The molecule has 4 fully saturated rings. The predicted octanol–water partition coefficient (Wildman–Crippen LogP) is 0.637. The van der Waals surface area contributed by atoms with Crippen LogP contribution in [0.2, 0.25) is 0 Å². The molecule has 0 aromatic rings. The van der Waals surface area contributed by atoms with Gasteiger partial charge in [-0.1, -0.05) is 0 Å². The summed E-state index contributed by atoms with van der Waals surface area (Å²) in [5.74, 6) is -0.660. The van der Waals surface area contributed by atoms with E-state index in [4.69, 9.17) is 19.5 Å². The molecule has 1 aliphatic carbocycles. The largest absolute Gasteiger partial charge is 0.326 e. The van der Waals surface area contributed by atoms with Gasteiger partial charge in [0.1, 0.15) is 5.41 Å². The average molecular weight is 181 g/mol. The molecule has 0 aromatic carbocycles. The number of fused-ring (bicyclic) bond motifs is 3. The summed E-state index contributed by atoms with van der Waals surface area (Å²) in [4.78, 5) is 0. The van der Waals surface area contributed by atoms with Crippen molar-refractivity contribution in [2.75, 3.05) is 19.8 Å². The van der Waals surface area contributed by atoms with Gasteiger partial charge in [-0.15, -0.1) is 0 Å². The fraction of sp³-hybridized carbons (Fsp3) is 0.889. The van der Waals surface area contributed by atoms with Crippen molar-refractivity contribution in [2.24, 2.45) is 11.3 Å². The summed E-state index contributed by atoms with van der Waals surface area (Å²) in [6, 6.07) is 2.26. The van der Waals surface area contributed by atoms with Gasteiger partial charge in [0.15, 0.2) is 0 Å². The van der Waals surface area contributed by atoms with E-state index in [1.165, 1.54) is 0 Å². The van der Waals surface area contributed by atoms with Gasteiger partial charge in [0.05, 0.1) is 25.9 Å². The smallest absolute Gasteiger partial charge is 0.302 e. The molecule has 0 unspecified atom stereocenters.